The number of hydrogen-bond acceptors (Lipinski definition) is 3. The van der Waals surface area contributed by atoms with Gasteiger partial charge in [0.1, 0.15) is 0 Å². The van der Waals surface area contributed by atoms with Gasteiger partial charge in [0.25, 0.3) is 0 Å². The molecule has 4 fully saturated rings. The van der Waals surface area contributed by atoms with E-state index >= 15 is 0 Å². The number of aliphatic hydroxyl groups is 2. The van der Waals surface area contributed by atoms with Crippen molar-refractivity contribution < 1.29 is 19.5 Å². The number of rotatable bonds is 7. The van der Waals surface area contributed by atoms with Gasteiger partial charge >= 0.3 is 0 Å². The molecule has 0 aromatic rings. The minimum absolute atomic E-state index is 0.0157. The van der Waals surface area contributed by atoms with Crippen molar-refractivity contribution in [1.29, 1.82) is 0 Å². The zero-order valence-electron chi connectivity index (χ0n) is 22.9. The molecule has 4 aliphatic carbocycles. The van der Waals surface area contributed by atoms with Gasteiger partial charge in [0, 0.05) is 6.42 Å². The lowest BCUT2D eigenvalue weighted by Gasteiger charge is -2.62. The SMILES string of the molecule is C[C@H](CCC(=O)NCC[N+](C)(C)C)[C@H]1CCC2C3CCC4C[C@H](O)CC[C@]4(C)C3C[C@H](O)[C@@]21C. The van der Waals surface area contributed by atoms with Gasteiger partial charge in [0.05, 0.1) is 46.4 Å². The summed E-state index contributed by atoms with van der Waals surface area (Å²) in [4.78, 5) is 12.5. The Morgan fingerprint density at radius 3 is 2.47 bits per heavy atom. The maximum Gasteiger partial charge on any atom is 0.220 e. The number of aliphatic hydroxyl groups excluding tert-OH is 2. The second-order valence-corrected chi connectivity index (χ2v) is 14.3. The Bertz CT molecular complexity index is 735. The number of nitrogens with zero attached hydrogens (tertiary/aromatic N) is 1. The van der Waals surface area contributed by atoms with Crippen molar-refractivity contribution in [3.8, 4) is 0 Å². The summed E-state index contributed by atoms with van der Waals surface area (Å²) in [5.74, 6) is 3.70. The normalized spacial score (nSPS) is 45.1. The molecular formula is C29H53N2O3+. The number of hydrogen-bond donors (Lipinski definition) is 3. The van der Waals surface area contributed by atoms with Crippen LogP contribution in [0, 0.1) is 46.3 Å². The highest BCUT2D eigenvalue weighted by Crippen LogP contribution is 2.68. The van der Waals surface area contributed by atoms with E-state index in [0.29, 0.717) is 36.0 Å². The van der Waals surface area contributed by atoms with Gasteiger partial charge in [-0.15, -0.1) is 0 Å². The zero-order valence-corrected chi connectivity index (χ0v) is 22.9. The van der Waals surface area contributed by atoms with Crippen LogP contribution in [0.15, 0.2) is 0 Å². The Hall–Kier alpha value is -0.650. The second-order valence-electron chi connectivity index (χ2n) is 14.3. The number of nitrogens with one attached hydrogen (secondary N) is 1. The van der Waals surface area contributed by atoms with Crippen molar-refractivity contribution in [1.82, 2.24) is 5.32 Å². The number of amides is 1. The van der Waals surface area contributed by atoms with Gasteiger partial charge in [-0.1, -0.05) is 20.8 Å². The number of carbonyl (C=O) groups is 1. The van der Waals surface area contributed by atoms with Crippen LogP contribution in [0.2, 0.25) is 0 Å². The molecule has 5 heteroatoms. The Balaban J connectivity index is 1.39. The number of fused-ring (bicyclic) bond motifs is 5. The highest BCUT2D eigenvalue weighted by molar-refractivity contribution is 5.75. The van der Waals surface area contributed by atoms with Gasteiger partial charge in [0.2, 0.25) is 5.91 Å². The summed E-state index contributed by atoms with van der Waals surface area (Å²) in [5.41, 5.74) is 0.274. The standard InChI is InChI=1S/C29H52N2O3/c1-19(7-12-27(34)30-15-16-31(4,5)6)23-10-11-24-22-9-8-20-17-21(32)13-14-28(20,2)25(22)18-26(33)29(23,24)3/h19-26,32-33H,7-18H2,1-6H3/p+1/t19-,20?,21-,22?,23-,24?,25?,26+,28+,29-/m1/s1. The molecule has 3 N–H and O–H groups in total. The van der Waals surface area contributed by atoms with Crippen molar-refractivity contribution in [2.45, 2.75) is 97.2 Å². The van der Waals surface area contributed by atoms with E-state index in [2.05, 4.69) is 47.2 Å². The van der Waals surface area contributed by atoms with Crippen LogP contribution >= 0.6 is 0 Å². The van der Waals surface area contributed by atoms with Crippen LogP contribution < -0.4 is 5.32 Å². The third-order valence-corrected chi connectivity index (χ3v) is 11.4. The fraction of sp³-hybridized carbons (Fsp3) is 0.966. The molecule has 0 heterocycles. The largest absolute Gasteiger partial charge is 0.393 e. The average molecular weight is 478 g/mol. The molecule has 0 aliphatic heterocycles. The van der Waals surface area contributed by atoms with Crippen LogP contribution in [0.1, 0.15) is 85.0 Å². The van der Waals surface area contributed by atoms with E-state index in [4.69, 9.17) is 0 Å². The van der Waals surface area contributed by atoms with Gasteiger partial charge in [-0.3, -0.25) is 4.79 Å². The molecule has 10 atom stereocenters. The molecule has 0 spiro atoms. The Morgan fingerprint density at radius 1 is 1.03 bits per heavy atom. The molecular weight excluding hydrogens is 424 g/mol. The quantitative estimate of drug-likeness (QED) is 0.481. The number of likely N-dealkylation sites (N-methyl/N-ethyl adjacent to an activating group) is 1. The topological polar surface area (TPSA) is 69.6 Å². The van der Waals surface area contributed by atoms with E-state index in [9.17, 15) is 15.0 Å². The monoisotopic (exact) mass is 477 g/mol. The molecule has 4 saturated carbocycles. The van der Waals surface area contributed by atoms with Gasteiger partial charge in [-0.05, 0) is 104 Å². The van der Waals surface area contributed by atoms with Crippen LogP contribution in [0.25, 0.3) is 0 Å². The molecule has 0 bridgehead atoms. The van der Waals surface area contributed by atoms with E-state index in [1.165, 1.54) is 25.7 Å². The van der Waals surface area contributed by atoms with Crippen LogP contribution in [0.4, 0.5) is 0 Å². The smallest absolute Gasteiger partial charge is 0.220 e. The molecule has 4 aliphatic rings. The van der Waals surface area contributed by atoms with Gasteiger partial charge in [0.15, 0.2) is 0 Å². The van der Waals surface area contributed by atoms with Gasteiger partial charge in [-0.2, -0.15) is 0 Å². The van der Waals surface area contributed by atoms with Crippen molar-refractivity contribution in [2.24, 2.45) is 46.3 Å². The summed E-state index contributed by atoms with van der Waals surface area (Å²) >= 11 is 0. The molecule has 0 aromatic heterocycles. The van der Waals surface area contributed by atoms with E-state index in [1.54, 1.807) is 0 Å². The summed E-state index contributed by atoms with van der Waals surface area (Å²) in [7, 11) is 6.45. The first-order chi connectivity index (χ1) is 15.9. The minimum Gasteiger partial charge on any atom is -0.393 e. The Kier molecular flexibility index (Phi) is 7.51. The van der Waals surface area contributed by atoms with Crippen molar-refractivity contribution >= 4 is 5.91 Å². The Morgan fingerprint density at radius 2 is 1.76 bits per heavy atom. The molecule has 0 saturated heterocycles. The first-order valence-corrected chi connectivity index (χ1v) is 14.3. The van der Waals surface area contributed by atoms with Crippen LogP contribution in [-0.2, 0) is 4.79 Å². The van der Waals surface area contributed by atoms with E-state index in [0.717, 1.165) is 55.6 Å². The maximum atomic E-state index is 12.5. The number of carbonyl (C=O) groups excluding carboxylic acids is 1. The zero-order chi connectivity index (χ0) is 24.9. The van der Waals surface area contributed by atoms with Gasteiger partial charge < -0.3 is 20.0 Å². The van der Waals surface area contributed by atoms with E-state index in [1.807, 2.05) is 0 Å². The lowest BCUT2D eigenvalue weighted by Crippen LogP contribution is -2.58. The molecule has 196 valence electrons. The lowest BCUT2D eigenvalue weighted by atomic mass is 9.43. The maximum absolute atomic E-state index is 12.5. The van der Waals surface area contributed by atoms with Crippen LogP contribution in [0.3, 0.4) is 0 Å². The molecule has 1 amide bonds. The molecule has 34 heavy (non-hydrogen) atoms. The lowest BCUT2D eigenvalue weighted by molar-refractivity contribution is -0.869. The third kappa shape index (κ3) is 4.83. The molecule has 4 unspecified atom stereocenters. The summed E-state index contributed by atoms with van der Waals surface area (Å²) in [5, 5.41) is 25.1. The van der Waals surface area contributed by atoms with Crippen molar-refractivity contribution in [3.05, 3.63) is 0 Å². The fourth-order valence-corrected chi connectivity index (χ4v) is 9.34. The third-order valence-electron chi connectivity index (χ3n) is 11.4. The Labute approximate surface area is 208 Å². The molecule has 5 nitrogen and oxygen atoms in total. The first-order valence-electron chi connectivity index (χ1n) is 14.3. The molecule has 0 radical (unpaired) electrons. The predicted molar refractivity (Wildman–Crippen MR) is 137 cm³/mol. The minimum atomic E-state index is -0.241. The first kappa shape index (κ1) is 26.4. The fourth-order valence-electron chi connectivity index (χ4n) is 9.34. The van der Waals surface area contributed by atoms with Crippen molar-refractivity contribution in [3.63, 3.8) is 0 Å². The summed E-state index contributed by atoms with van der Waals surface area (Å²) in [6.45, 7) is 8.89. The van der Waals surface area contributed by atoms with Crippen LogP contribution in [-0.4, -0.2) is 67.0 Å². The molecule has 4 rings (SSSR count). The average Bonchev–Trinajstić information content (AvgIpc) is 3.11. The highest BCUT2D eigenvalue weighted by Gasteiger charge is 2.63. The summed E-state index contributed by atoms with van der Waals surface area (Å²) < 4.78 is 0.860. The molecule has 0 aromatic carbocycles. The second kappa shape index (κ2) is 9.67. The summed E-state index contributed by atoms with van der Waals surface area (Å²) in [6, 6.07) is 0. The van der Waals surface area contributed by atoms with E-state index < -0.39 is 0 Å². The number of quaternary nitrogens is 1. The summed E-state index contributed by atoms with van der Waals surface area (Å²) in [6.07, 6.45) is 10.1. The van der Waals surface area contributed by atoms with Crippen molar-refractivity contribution in [2.75, 3.05) is 34.2 Å². The van der Waals surface area contributed by atoms with Crippen LogP contribution in [0.5, 0.6) is 0 Å². The highest BCUT2D eigenvalue weighted by atomic mass is 16.3. The predicted octanol–water partition coefficient (Wildman–Crippen LogP) is 4.22. The van der Waals surface area contributed by atoms with E-state index in [-0.39, 0.29) is 28.9 Å². The van der Waals surface area contributed by atoms with Gasteiger partial charge in [-0.25, -0.2) is 0 Å².